The summed E-state index contributed by atoms with van der Waals surface area (Å²) in [5.74, 6) is -0.569. The summed E-state index contributed by atoms with van der Waals surface area (Å²) >= 11 is 0. The number of hydrogen-bond donors (Lipinski definition) is 1. The number of urea groups is 1. The molecule has 0 radical (unpaired) electrons. The fourth-order valence-corrected chi connectivity index (χ4v) is 5.48. The van der Waals surface area contributed by atoms with Crippen LogP contribution in [0.5, 0.6) is 0 Å². The van der Waals surface area contributed by atoms with Gasteiger partial charge in [-0.3, -0.25) is 0 Å². The van der Waals surface area contributed by atoms with Gasteiger partial charge < -0.3 is 10.5 Å². The molecule has 2 aromatic rings. The summed E-state index contributed by atoms with van der Waals surface area (Å²) in [5.41, 5.74) is 6.05. The van der Waals surface area contributed by atoms with E-state index in [-0.39, 0.29) is 16.1 Å². The highest BCUT2D eigenvalue weighted by Crippen LogP contribution is 2.26. The molecule has 2 rings (SSSR count). The third-order valence-electron chi connectivity index (χ3n) is 5.86. The Morgan fingerprint density at radius 2 is 1.46 bits per heavy atom. The first-order chi connectivity index (χ1) is 16.8. The van der Waals surface area contributed by atoms with E-state index in [2.05, 4.69) is 6.92 Å². The molecule has 0 aliphatic heterocycles. The lowest BCUT2D eigenvalue weighted by Crippen LogP contribution is -2.41. The fourth-order valence-electron chi connectivity index (χ4n) is 3.93. The Morgan fingerprint density at radius 3 is 2.06 bits per heavy atom. The minimum Gasteiger partial charge on any atom is -0.462 e. The number of anilines is 1. The molecule has 192 valence electrons. The normalized spacial score (nSPS) is 11.3. The zero-order chi connectivity index (χ0) is 25.7. The third-order valence-corrected chi connectivity index (χ3v) is 7.74. The number of sulfonamides is 1. The van der Waals surface area contributed by atoms with Gasteiger partial charge in [0.2, 0.25) is 0 Å². The van der Waals surface area contributed by atoms with Crippen LogP contribution in [0.15, 0.2) is 53.4 Å². The Morgan fingerprint density at radius 1 is 0.857 bits per heavy atom. The lowest BCUT2D eigenvalue weighted by Gasteiger charge is -2.21. The molecule has 0 aliphatic carbocycles. The minimum atomic E-state index is -4.26. The van der Waals surface area contributed by atoms with Crippen molar-refractivity contribution in [2.45, 2.75) is 83.0 Å². The number of carbonyl (C=O) groups is 2. The number of unbranched alkanes of at least 4 members (excludes halogenated alkanes) is 9. The van der Waals surface area contributed by atoms with E-state index in [0.29, 0.717) is 16.5 Å². The number of rotatable bonds is 15. The monoisotopic (exact) mass is 502 g/mol. The van der Waals surface area contributed by atoms with E-state index < -0.39 is 22.0 Å². The molecule has 35 heavy (non-hydrogen) atoms. The molecule has 7 nitrogen and oxygen atoms in total. The smallest absolute Gasteiger partial charge is 0.338 e. The van der Waals surface area contributed by atoms with Gasteiger partial charge in [-0.1, -0.05) is 89.0 Å². The van der Waals surface area contributed by atoms with E-state index in [9.17, 15) is 18.0 Å². The van der Waals surface area contributed by atoms with Crippen molar-refractivity contribution in [3.05, 3.63) is 59.7 Å². The van der Waals surface area contributed by atoms with Crippen LogP contribution >= 0.6 is 0 Å². The van der Waals surface area contributed by atoms with Crippen LogP contribution in [0.2, 0.25) is 0 Å². The second kappa shape index (κ2) is 14.5. The average molecular weight is 503 g/mol. The standard InChI is InChI=1S/C27H38N2O5S/c1-3-4-5-6-7-8-9-10-11-14-20-34-26(30)23-17-15-18-24(21-23)29(27(28)31)35(32,33)25-19-13-12-16-22(25)2/h12-13,15-19,21H,3-11,14,20H2,1-2H3,(H2,28,31). The van der Waals surface area contributed by atoms with Gasteiger partial charge in [0.1, 0.15) is 0 Å². The number of nitrogens with two attached hydrogens (primary N) is 1. The van der Waals surface area contributed by atoms with Crippen molar-refractivity contribution in [1.29, 1.82) is 0 Å². The first-order valence-electron chi connectivity index (χ1n) is 12.5. The highest BCUT2D eigenvalue weighted by molar-refractivity contribution is 7.93. The molecule has 0 aliphatic rings. The largest absolute Gasteiger partial charge is 0.462 e. The zero-order valence-corrected chi connectivity index (χ0v) is 21.7. The predicted molar refractivity (Wildman–Crippen MR) is 139 cm³/mol. The first kappa shape index (κ1) is 28.4. The topological polar surface area (TPSA) is 107 Å². The molecule has 0 bridgehead atoms. The van der Waals surface area contributed by atoms with Crippen molar-refractivity contribution in [2.24, 2.45) is 5.73 Å². The number of ether oxygens (including phenoxy) is 1. The van der Waals surface area contributed by atoms with Gasteiger partial charge >= 0.3 is 12.0 Å². The maximum atomic E-state index is 13.2. The third kappa shape index (κ3) is 8.69. The molecule has 0 saturated heterocycles. The van der Waals surface area contributed by atoms with Crippen LogP contribution in [0.4, 0.5) is 10.5 Å². The van der Waals surface area contributed by atoms with Crippen LogP contribution in [0.1, 0.15) is 87.1 Å². The Hall–Kier alpha value is -2.87. The van der Waals surface area contributed by atoms with Gasteiger partial charge in [0.15, 0.2) is 0 Å². The van der Waals surface area contributed by atoms with Crippen LogP contribution < -0.4 is 10.0 Å². The van der Waals surface area contributed by atoms with Gasteiger partial charge in [0.05, 0.1) is 22.8 Å². The van der Waals surface area contributed by atoms with Crippen molar-refractivity contribution in [3.8, 4) is 0 Å². The molecule has 8 heteroatoms. The van der Waals surface area contributed by atoms with Crippen LogP contribution in [0, 0.1) is 6.92 Å². The Balaban J connectivity index is 1.91. The molecule has 0 fully saturated rings. The van der Waals surface area contributed by atoms with Crippen LogP contribution in [-0.2, 0) is 14.8 Å². The Bertz CT molecular complexity index is 1070. The summed E-state index contributed by atoms with van der Waals surface area (Å²) in [7, 11) is -4.26. The molecule has 0 unspecified atom stereocenters. The van der Waals surface area contributed by atoms with Crippen molar-refractivity contribution < 1.29 is 22.7 Å². The Labute approximate surface area is 209 Å². The quantitative estimate of drug-likeness (QED) is 0.226. The lowest BCUT2D eigenvalue weighted by atomic mass is 10.1. The van der Waals surface area contributed by atoms with E-state index in [1.807, 2.05) is 0 Å². The number of aryl methyl sites for hydroxylation is 1. The maximum absolute atomic E-state index is 13.2. The van der Waals surface area contributed by atoms with Crippen molar-refractivity contribution >= 4 is 27.7 Å². The number of hydrogen-bond acceptors (Lipinski definition) is 5. The van der Waals surface area contributed by atoms with E-state index in [1.165, 1.54) is 75.3 Å². The molecule has 0 saturated carbocycles. The zero-order valence-electron chi connectivity index (χ0n) is 20.9. The second-order valence-corrected chi connectivity index (χ2v) is 10.5. The van der Waals surface area contributed by atoms with Crippen molar-refractivity contribution in [3.63, 3.8) is 0 Å². The summed E-state index contributed by atoms with van der Waals surface area (Å²) in [6.07, 6.45) is 11.8. The molecule has 0 atom stereocenters. The SMILES string of the molecule is CCCCCCCCCCCCOC(=O)c1cccc(N(C(N)=O)S(=O)(=O)c2ccccc2C)c1. The number of carbonyl (C=O) groups excluding carboxylic acids is 2. The predicted octanol–water partition coefficient (Wildman–Crippen LogP) is 6.35. The van der Waals surface area contributed by atoms with Gasteiger partial charge in [0, 0.05) is 0 Å². The summed E-state index contributed by atoms with van der Waals surface area (Å²) in [4.78, 5) is 24.6. The number of benzene rings is 2. The van der Waals surface area contributed by atoms with Gasteiger partial charge in [0.25, 0.3) is 10.0 Å². The fraction of sp³-hybridized carbons (Fsp3) is 0.481. The van der Waals surface area contributed by atoms with E-state index in [4.69, 9.17) is 10.5 Å². The van der Waals surface area contributed by atoms with Crippen LogP contribution in [-0.4, -0.2) is 27.0 Å². The van der Waals surface area contributed by atoms with E-state index in [0.717, 1.165) is 19.3 Å². The first-order valence-corrected chi connectivity index (χ1v) is 13.9. The molecule has 0 spiro atoms. The molecule has 0 heterocycles. The number of amides is 2. The summed E-state index contributed by atoms with van der Waals surface area (Å²) < 4.78 is 32.2. The summed E-state index contributed by atoms with van der Waals surface area (Å²) in [5, 5.41) is 0. The highest BCUT2D eigenvalue weighted by Gasteiger charge is 2.31. The maximum Gasteiger partial charge on any atom is 0.338 e. The molecule has 2 N–H and O–H groups in total. The van der Waals surface area contributed by atoms with Gasteiger partial charge in [-0.25, -0.2) is 18.0 Å². The van der Waals surface area contributed by atoms with E-state index >= 15 is 0 Å². The number of esters is 1. The Kier molecular flexibility index (Phi) is 11.8. The van der Waals surface area contributed by atoms with E-state index in [1.54, 1.807) is 25.1 Å². The van der Waals surface area contributed by atoms with Gasteiger partial charge in [-0.2, -0.15) is 4.31 Å². The minimum absolute atomic E-state index is 0.0193. The lowest BCUT2D eigenvalue weighted by molar-refractivity contribution is 0.0497. The molecule has 2 aromatic carbocycles. The number of nitrogens with zero attached hydrogens (tertiary/aromatic N) is 1. The summed E-state index contributed by atoms with van der Waals surface area (Å²) in [6.45, 7) is 4.14. The average Bonchev–Trinajstić information content (AvgIpc) is 2.82. The van der Waals surface area contributed by atoms with Crippen LogP contribution in [0.3, 0.4) is 0 Å². The molecule has 0 aromatic heterocycles. The number of primary amides is 1. The van der Waals surface area contributed by atoms with Crippen molar-refractivity contribution in [2.75, 3.05) is 10.9 Å². The van der Waals surface area contributed by atoms with Crippen LogP contribution in [0.25, 0.3) is 0 Å². The molecular weight excluding hydrogens is 464 g/mol. The molecular formula is C27H38N2O5S. The molecule has 2 amide bonds. The second-order valence-electron chi connectivity index (χ2n) is 8.74. The van der Waals surface area contributed by atoms with Crippen molar-refractivity contribution in [1.82, 2.24) is 0 Å². The highest BCUT2D eigenvalue weighted by atomic mass is 32.2. The van der Waals surface area contributed by atoms with Gasteiger partial charge in [-0.15, -0.1) is 0 Å². The van der Waals surface area contributed by atoms with Gasteiger partial charge in [-0.05, 0) is 43.2 Å². The summed E-state index contributed by atoms with van der Waals surface area (Å²) in [6, 6.07) is 10.9.